The molecule has 3 aromatic carbocycles. The van der Waals surface area contributed by atoms with Crippen molar-refractivity contribution in [2.75, 3.05) is 13.1 Å². The van der Waals surface area contributed by atoms with Gasteiger partial charge in [-0.3, -0.25) is 25.2 Å². The summed E-state index contributed by atoms with van der Waals surface area (Å²) < 4.78 is 0. The minimum atomic E-state index is -0.265. The summed E-state index contributed by atoms with van der Waals surface area (Å²) in [4.78, 5) is 39.1. The third-order valence-corrected chi connectivity index (χ3v) is 5.95. The normalized spacial score (nSPS) is 14.4. The summed E-state index contributed by atoms with van der Waals surface area (Å²) in [6.45, 7) is 1.03. The molecule has 0 aliphatic carbocycles. The second-order valence-corrected chi connectivity index (χ2v) is 8.20. The average Bonchev–Trinajstić information content (AvgIpc) is 2.87. The number of nitrogens with one attached hydrogen (secondary N) is 2. The number of benzene rings is 3. The van der Waals surface area contributed by atoms with Gasteiger partial charge in [0.05, 0.1) is 6.42 Å². The van der Waals surface area contributed by atoms with Crippen LogP contribution in [0.2, 0.25) is 0 Å². The standard InChI is InChI=1S/C27H27N3O3/c31-25(19-23-11-6-10-21-9-4-5-12-24(21)23)28-29-27(33)22-15-17-30(18-16-22)26(32)14-13-20-7-2-1-3-8-20/h1-14,22H,15-19H2,(H,28,31)(H,29,33)/b14-13+. The van der Waals surface area contributed by atoms with Gasteiger partial charge in [-0.05, 0) is 40.8 Å². The summed E-state index contributed by atoms with van der Waals surface area (Å²) in [5, 5.41) is 2.10. The highest BCUT2D eigenvalue weighted by molar-refractivity contribution is 5.92. The Morgan fingerprint density at radius 2 is 1.55 bits per heavy atom. The van der Waals surface area contributed by atoms with E-state index in [1.807, 2.05) is 72.8 Å². The molecule has 1 fully saturated rings. The quantitative estimate of drug-likeness (QED) is 0.470. The third-order valence-electron chi connectivity index (χ3n) is 5.95. The highest BCUT2D eigenvalue weighted by atomic mass is 16.2. The summed E-state index contributed by atoms with van der Waals surface area (Å²) in [6.07, 6.45) is 4.68. The van der Waals surface area contributed by atoms with Crippen LogP contribution in [0.15, 0.2) is 78.9 Å². The molecule has 33 heavy (non-hydrogen) atoms. The van der Waals surface area contributed by atoms with E-state index in [-0.39, 0.29) is 30.1 Å². The number of amides is 3. The molecule has 0 saturated carbocycles. The number of carbonyl (C=O) groups is 3. The minimum Gasteiger partial charge on any atom is -0.339 e. The molecule has 168 valence electrons. The largest absolute Gasteiger partial charge is 0.339 e. The molecule has 1 heterocycles. The Bertz CT molecular complexity index is 1160. The highest BCUT2D eigenvalue weighted by Gasteiger charge is 2.26. The molecule has 0 spiro atoms. The fraction of sp³-hybridized carbons (Fsp3) is 0.222. The highest BCUT2D eigenvalue weighted by Crippen LogP contribution is 2.19. The van der Waals surface area contributed by atoms with Crippen molar-refractivity contribution in [1.29, 1.82) is 0 Å². The molecule has 6 nitrogen and oxygen atoms in total. The van der Waals surface area contributed by atoms with E-state index in [0.29, 0.717) is 25.9 Å². The molecule has 0 radical (unpaired) electrons. The molecule has 2 N–H and O–H groups in total. The number of likely N-dealkylation sites (tertiary alicyclic amines) is 1. The van der Waals surface area contributed by atoms with Gasteiger partial charge in [0.25, 0.3) is 0 Å². The van der Waals surface area contributed by atoms with Crippen LogP contribution in [0.25, 0.3) is 16.8 Å². The zero-order chi connectivity index (χ0) is 23.0. The maximum absolute atomic E-state index is 12.5. The third kappa shape index (κ3) is 5.86. The Morgan fingerprint density at radius 3 is 2.33 bits per heavy atom. The van der Waals surface area contributed by atoms with Crippen molar-refractivity contribution in [3.05, 3.63) is 90.0 Å². The molecule has 6 heteroatoms. The van der Waals surface area contributed by atoms with Gasteiger partial charge < -0.3 is 4.90 Å². The lowest BCUT2D eigenvalue weighted by Crippen LogP contribution is -2.48. The van der Waals surface area contributed by atoms with E-state index in [1.165, 1.54) is 0 Å². The van der Waals surface area contributed by atoms with Gasteiger partial charge in [-0.2, -0.15) is 0 Å². The van der Waals surface area contributed by atoms with Crippen LogP contribution in [0.5, 0.6) is 0 Å². The number of hydrogen-bond donors (Lipinski definition) is 2. The second-order valence-electron chi connectivity index (χ2n) is 8.20. The molecule has 0 atom stereocenters. The Balaban J connectivity index is 1.22. The van der Waals surface area contributed by atoms with E-state index in [2.05, 4.69) is 10.9 Å². The summed E-state index contributed by atoms with van der Waals surface area (Å²) in [7, 11) is 0. The van der Waals surface area contributed by atoms with Crippen LogP contribution >= 0.6 is 0 Å². The Morgan fingerprint density at radius 1 is 0.848 bits per heavy atom. The zero-order valence-electron chi connectivity index (χ0n) is 18.4. The van der Waals surface area contributed by atoms with Gasteiger partial charge in [0, 0.05) is 25.1 Å². The van der Waals surface area contributed by atoms with E-state index in [1.54, 1.807) is 17.1 Å². The van der Waals surface area contributed by atoms with Gasteiger partial charge in [-0.25, -0.2) is 0 Å². The molecule has 4 rings (SSSR count). The average molecular weight is 442 g/mol. The SMILES string of the molecule is O=C(Cc1cccc2ccccc12)NNC(=O)C1CCN(C(=O)/C=C/c2ccccc2)CC1. The predicted octanol–water partition coefficient (Wildman–Crippen LogP) is 3.48. The van der Waals surface area contributed by atoms with Gasteiger partial charge >= 0.3 is 0 Å². The van der Waals surface area contributed by atoms with Crippen molar-refractivity contribution < 1.29 is 14.4 Å². The number of hydrogen-bond acceptors (Lipinski definition) is 3. The first-order valence-corrected chi connectivity index (χ1v) is 11.2. The number of fused-ring (bicyclic) bond motifs is 1. The van der Waals surface area contributed by atoms with Gasteiger partial charge in [0.1, 0.15) is 0 Å². The summed E-state index contributed by atoms with van der Waals surface area (Å²) in [5.41, 5.74) is 6.97. The van der Waals surface area contributed by atoms with Crippen molar-refractivity contribution in [3.8, 4) is 0 Å². The summed E-state index contributed by atoms with van der Waals surface area (Å²) in [6, 6.07) is 23.4. The molecule has 1 saturated heterocycles. The maximum atomic E-state index is 12.5. The molecule has 0 bridgehead atoms. The topological polar surface area (TPSA) is 78.5 Å². The number of rotatable bonds is 5. The smallest absolute Gasteiger partial charge is 0.246 e. The van der Waals surface area contributed by atoms with Crippen molar-refractivity contribution in [3.63, 3.8) is 0 Å². The van der Waals surface area contributed by atoms with E-state index in [9.17, 15) is 14.4 Å². The van der Waals surface area contributed by atoms with Gasteiger partial charge in [0.15, 0.2) is 0 Å². The van der Waals surface area contributed by atoms with Gasteiger partial charge in [0.2, 0.25) is 17.7 Å². The first kappa shape index (κ1) is 22.3. The molecule has 3 aromatic rings. The van der Waals surface area contributed by atoms with Gasteiger partial charge in [-0.1, -0.05) is 72.8 Å². The van der Waals surface area contributed by atoms with E-state index in [0.717, 1.165) is 21.9 Å². The fourth-order valence-corrected chi connectivity index (χ4v) is 4.10. The van der Waals surface area contributed by atoms with Crippen molar-refractivity contribution in [2.45, 2.75) is 19.3 Å². The van der Waals surface area contributed by atoms with E-state index in [4.69, 9.17) is 0 Å². The lowest BCUT2D eigenvalue weighted by molar-refractivity contribution is -0.134. The van der Waals surface area contributed by atoms with Crippen LogP contribution in [0.3, 0.4) is 0 Å². The second kappa shape index (κ2) is 10.6. The summed E-state index contributed by atoms with van der Waals surface area (Å²) in [5.74, 6) is -0.766. The first-order chi connectivity index (χ1) is 16.1. The van der Waals surface area contributed by atoms with Crippen molar-refractivity contribution in [1.82, 2.24) is 15.8 Å². The monoisotopic (exact) mass is 441 g/mol. The van der Waals surface area contributed by atoms with Gasteiger partial charge in [-0.15, -0.1) is 0 Å². The molecular weight excluding hydrogens is 414 g/mol. The summed E-state index contributed by atoms with van der Waals surface area (Å²) >= 11 is 0. The maximum Gasteiger partial charge on any atom is 0.246 e. The number of piperidine rings is 1. The van der Waals surface area contributed by atoms with Crippen LogP contribution < -0.4 is 10.9 Å². The molecule has 0 aromatic heterocycles. The fourth-order valence-electron chi connectivity index (χ4n) is 4.10. The first-order valence-electron chi connectivity index (χ1n) is 11.2. The molecule has 1 aliphatic rings. The lowest BCUT2D eigenvalue weighted by Gasteiger charge is -2.30. The van der Waals surface area contributed by atoms with E-state index < -0.39 is 0 Å². The molecular formula is C27H27N3O3. The Kier molecular flexibility index (Phi) is 7.15. The number of nitrogens with zero attached hydrogens (tertiary/aromatic N) is 1. The minimum absolute atomic E-state index is 0.0545. The van der Waals surface area contributed by atoms with Crippen LogP contribution in [0, 0.1) is 5.92 Å². The number of carbonyl (C=O) groups excluding carboxylic acids is 3. The Labute approximate surface area is 193 Å². The van der Waals surface area contributed by atoms with Crippen LogP contribution in [-0.4, -0.2) is 35.7 Å². The zero-order valence-corrected chi connectivity index (χ0v) is 18.4. The number of hydrazine groups is 1. The Hall–Kier alpha value is -3.93. The molecule has 3 amide bonds. The van der Waals surface area contributed by atoms with E-state index >= 15 is 0 Å². The van der Waals surface area contributed by atoms with Crippen LogP contribution in [-0.2, 0) is 20.8 Å². The van der Waals surface area contributed by atoms with Crippen LogP contribution in [0.1, 0.15) is 24.0 Å². The van der Waals surface area contributed by atoms with Crippen LogP contribution in [0.4, 0.5) is 0 Å². The van der Waals surface area contributed by atoms with Crippen molar-refractivity contribution in [2.24, 2.45) is 5.92 Å². The molecule has 0 unspecified atom stereocenters. The lowest BCUT2D eigenvalue weighted by atomic mass is 9.96. The predicted molar refractivity (Wildman–Crippen MR) is 129 cm³/mol. The molecule has 1 aliphatic heterocycles. The van der Waals surface area contributed by atoms with Crippen molar-refractivity contribution >= 4 is 34.6 Å².